The van der Waals surface area contributed by atoms with Gasteiger partial charge in [-0.2, -0.15) is 4.98 Å². The Balaban J connectivity index is 1.78. The zero-order chi connectivity index (χ0) is 17.2. The molecule has 1 fully saturated rings. The van der Waals surface area contributed by atoms with Crippen LogP contribution in [0.5, 0.6) is 5.88 Å². The summed E-state index contributed by atoms with van der Waals surface area (Å²) in [5, 5.41) is 10.6. The lowest BCUT2D eigenvalue weighted by atomic mass is 10.1. The van der Waals surface area contributed by atoms with Crippen LogP contribution in [-0.4, -0.2) is 53.7 Å². The molecule has 0 unspecified atom stereocenters. The van der Waals surface area contributed by atoms with Gasteiger partial charge in [-0.3, -0.25) is 4.79 Å². The summed E-state index contributed by atoms with van der Waals surface area (Å²) in [6.07, 6.45) is 6.21. The maximum absolute atomic E-state index is 12.2. The summed E-state index contributed by atoms with van der Waals surface area (Å²) in [6.45, 7) is 6.90. The first-order chi connectivity index (χ1) is 11.7. The number of rotatable bonds is 10. The van der Waals surface area contributed by atoms with Gasteiger partial charge in [0, 0.05) is 0 Å². The predicted octanol–water partition coefficient (Wildman–Crippen LogP) is 0.996. The van der Waals surface area contributed by atoms with E-state index in [1.165, 1.54) is 35.9 Å². The van der Waals surface area contributed by atoms with Crippen molar-refractivity contribution in [2.45, 2.75) is 50.6 Å². The first-order valence-electron chi connectivity index (χ1n) is 9.07. The van der Waals surface area contributed by atoms with Gasteiger partial charge in [0.05, 0.1) is 31.1 Å². The minimum atomic E-state index is -0.195. The summed E-state index contributed by atoms with van der Waals surface area (Å²) < 4.78 is 5.34. The second-order valence-corrected chi connectivity index (χ2v) is 7.38. The van der Waals surface area contributed by atoms with E-state index in [4.69, 9.17) is 4.74 Å². The van der Waals surface area contributed by atoms with Crippen molar-refractivity contribution in [2.24, 2.45) is 0 Å². The molecule has 0 spiro atoms. The molecule has 2 rings (SSSR count). The summed E-state index contributed by atoms with van der Waals surface area (Å²) in [6, 6.07) is 0. The largest absolute Gasteiger partial charge is 0.493 e. The van der Waals surface area contributed by atoms with Gasteiger partial charge in [-0.05, 0) is 12.8 Å². The fourth-order valence-electron chi connectivity index (χ4n) is 2.87. The van der Waals surface area contributed by atoms with Crippen LogP contribution in [0.2, 0.25) is 0 Å². The van der Waals surface area contributed by atoms with Gasteiger partial charge in [0.25, 0.3) is 5.56 Å². The van der Waals surface area contributed by atoms with Crippen LogP contribution in [0.15, 0.2) is 9.95 Å². The second-order valence-electron chi connectivity index (χ2n) is 6.30. The van der Waals surface area contributed by atoms with E-state index in [-0.39, 0.29) is 11.4 Å². The zero-order valence-electron chi connectivity index (χ0n) is 14.6. The third kappa shape index (κ3) is 6.45. The average molecular weight is 357 g/mol. The Morgan fingerprint density at radius 1 is 1.25 bits per heavy atom. The van der Waals surface area contributed by atoms with Crippen molar-refractivity contribution in [3.63, 3.8) is 0 Å². The number of ether oxygens (including phenoxy) is 1. The number of quaternary nitrogens is 1. The number of nitrogens with zero attached hydrogens (tertiary/aromatic N) is 1. The van der Waals surface area contributed by atoms with E-state index in [2.05, 4.69) is 16.9 Å². The van der Waals surface area contributed by atoms with Crippen LogP contribution in [0.1, 0.15) is 44.6 Å². The standard InChI is InChI=1S/C17H29N3O3S/c1-2-3-4-5-6-7-14-15(21)18-17(19-16(14)22)24-13-10-20-8-11-23-12-9-20/h2-13H2,1H3,(H2,18,19,21,22)/p+1. The molecule has 2 heterocycles. The minimum absolute atomic E-state index is 0.101. The van der Waals surface area contributed by atoms with Crippen LogP contribution in [-0.2, 0) is 11.2 Å². The van der Waals surface area contributed by atoms with Crippen molar-refractivity contribution in [1.82, 2.24) is 9.97 Å². The highest BCUT2D eigenvalue weighted by Crippen LogP contribution is 2.17. The number of aromatic hydroxyl groups is 1. The third-order valence-corrected chi connectivity index (χ3v) is 5.27. The minimum Gasteiger partial charge on any atom is -0.493 e. The first kappa shape index (κ1) is 19.3. The van der Waals surface area contributed by atoms with Gasteiger partial charge in [0.2, 0.25) is 5.88 Å². The Labute approximate surface area is 148 Å². The summed E-state index contributed by atoms with van der Waals surface area (Å²) >= 11 is 1.50. The van der Waals surface area contributed by atoms with Gasteiger partial charge in [-0.15, -0.1) is 0 Å². The molecule has 1 saturated heterocycles. The van der Waals surface area contributed by atoms with E-state index < -0.39 is 0 Å². The smallest absolute Gasteiger partial charge is 0.258 e. The van der Waals surface area contributed by atoms with E-state index in [0.717, 1.165) is 51.4 Å². The van der Waals surface area contributed by atoms with E-state index in [1.807, 2.05) is 0 Å². The number of thioether (sulfide) groups is 1. The number of hydrogen-bond donors (Lipinski definition) is 3. The lowest BCUT2D eigenvalue weighted by Gasteiger charge is -2.23. The number of H-pyrrole nitrogens is 1. The molecule has 6 nitrogen and oxygen atoms in total. The summed E-state index contributed by atoms with van der Waals surface area (Å²) in [4.78, 5) is 20.6. The molecule has 0 bridgehead atoms. The fraction of sp³-hybridized carbons (Fsp3) is 0.765. The molecule has 0 amide bonds. The number of hydrogen-bond acceptors (Lipinski definition) is 5. The maximum atomic E-state index is 12.2. The molecule has 1 aliphatic heterocycles. The van der Waals surface area contributed by atoms with E-state index in [1.54, 1.807) is 0 Å². The van der Waals surface area contributed by atoms with Gasteiger partial charge < -0.3 is 19.7 Å². The summed E-state index contributed by atoms with van der Waals surface area (Å²) in [7, 11) is 0. The SMILES string of the molecule is CCCCCCCc1c(O)nc(SCC[NH+]2CCOCC2)[nH]c1=O. The predicted molar refractivity (Wildman–Crippen MR) is 96.1 cm³/mol. The maximum Gasteiger partial charge on any atom is 0.258 e. The molecule has 24 heavy (non-hydrogen) atoms. The van der Waals surface area contributed by atoms with Crippen LogP contribution in [0, 0.1) is 0 Å². The molecule has 7 heteroatoms. The van der Waals surface area contributed by atoms with E-state index in [0.29, 0.717) is 17.1 Å². The first-order valence-corrected chi connectivity index (χ1v) is 10.1. The highest BCUT2D eigenvalue weighted by atomic mass is 32.2. The van der Waals surface area contributed by atoms with Crippen molar-refractivity contribution < 1.29 is 14.7 Å². The van der Waals surface area contributed by atoms with Gasteiger partial charge in [0.15, 0.2) is 5.16 Å². The van der Waals surface area contributed by atoms with E-state index >= 15 is 0 Å². The molecule has 136 valence electrons. The Morgan fingerprint density at radius 2 is 2.00 bits per heavy atom. The van der Waals surface area contributed by atoms with Crippen molar-refractivity contribution in [2.75, 3.05) is 38.6 Å². The lowest BCUT2D eigenvalue weighted by molar-refractivity contribution is -0.905. The fourth-order valence-corrected chi connectivity index (χ4v) is 3.77. The Bertz CT molecular complexity index is 544. The molecule has 1 aromatic heterocycles. The summed E-state index contributed by atoms with van der Waals surface area (Å²) in [5.41, 5.74) is 0.230. The Kier molecular flexibility index (Phi) is 8.63. The molecular formula is C17H30N3O3S+. The van der Waals surface area contributed by atoms with Gasteiger partial charge in [-0.1, -0.05) is 44.4 Å². The molecular weight excluding hydrogens is 326 g/mol. The molecule has 1 aromatic rings. The van der Waals surface area contributed by atoms with Gasteiger partial charge in [0.1, 0.15) is 13.1 Å². The quantitative estimate of drug-likeness (QED) is 0.331. The number of morpholine rings is 1. The van der Waals surface area contributed by atoms with Gasteiger partial charge in [-0.25, -0.2) is 0 Å². The molecule has 1 aliphatic rings. The number of aromatic nitrogens is 2. The van der Waals surface area contributed by atoms with Crippen molar-refractivity contribution >= 4 is 11.8 Å². The van der Waals surface area contributed by atoms with Crippen LogP contribution in [0.25, 0.3) is 0 Å². The lowest BCUT2D eigenvalue weighted by Crippen LogP contribution is -3.14. The monoisotopic (exact) mass is 356 g/mol. The van der Waals surface area contributed by atoms with Gasteiger partial charge >= 0.3 is 0 Å². The molecule has 0 aromatic carbocycles. The van der Waals surface area contributed by atoms with Crippen LogP contribution < -0.4 is 10.5 Å². The summed E-state index contributed by atoms with van der Waals surface area (Å²) in [5.74, 6) is 0.768. The number of aromatic amines is 1. The topological polar surface area (TPSA) is 79.7 Å². The normalized spacial score (nSPS) is 15.7. The highest BCUT2D eigenvalue weighted by Gasteiger charge is 2.15. The van der Waals surface area contributed by atoms with Crippen LogP contribution in [0.4, 0.5) is 0 Å². The molecule has 0 radical (unpaired) electrons. The van der Waals surface area contributed by atoms with E-state index in [9.17, 15) is 9.90 Å². The Hall–Kier alpha value is -1.05. The Morgan fingerprint density at radius 3 is 2.71 bits per heavy atom. The third-order valence-electron chi connectivity index (χ3n) is 4.40. The van der Waals surface area contributed by atoms with Crippen molar-refractivity contribution in [3.8, 4) is 5.88 Å². The average Bonchev–Trinajstić information content (AvgIpc) is 2.58. The zero-order valence-corrected chi connectivity index (χ0v) is 15.4. The van der Waals surface area contributed by atoms with Crippen LogP contribution >= 0.6 is 11.8 Å². The van der Waals surface area contributed by atoms with Crippen LogP contribution in [0.3, 0.4) is 0 Å². The molecule has 0 atom stereocenters. The molecule has 0 aliphatic carbocycles. The highest BCUT2D eigenvalue weighted by molar-refractivity contribution is 7.99. The number of nitrogens with one attached hydrogen (secondary N) is 2. The molecule has 0 saturated carbocycles. The number of unbranched alkanes of at least 4 members (excludes halogenated alkanes) is 4. The van der Waals surface area contributed by atoms with Crippen molar-refractivity contribution in [1.29, 1.82) is 0 Å². The van der Waals surface area contributed by atoms with Crippen molar-refractivity contribution in [3.05, 3.63) is 15.9 Å². The second kappa shape index (κ2) is 10.7. The molecule has 3 N–H and O–H groups in total.